The predicted octanol–water partition coefficient (Wildman–Crippen LogP) is 0.716. The molecular formula is C13H22N2O3. The van der Waals surface area contributed by atoms with E-state index in [-0.39, 0.29) is 23.8 Å². The molecular weight excluding hydrogens is 232 g/mol. The third kappa shape index (κ3) is 2.51. The second kappa shape index (κ2) is 5.26. The summed E-state index contributed by atoms with van der Waals surface area (Å²) in [5.74, 6) is -0.381. The number of carbonyl (C=O) groups is 2. The van der Waals surface area contributed by atoms with E-state index < -0.39 is 5.54 Å². The van der Waals surface area contributed by atoms with Gasteiger partial charge in [0.15, 0.2) is 0 Å². The van der Waals surface area contributed by atoms with Crippen molar-refractivity contribution >= 4 is 11.9 Å². The Balaban J connectivity index is 2.01. The molecule has 0 heterocycles. The molecule has 5 heteroatoms. The van der Waals surface area contributed by atoms with Gasteiger partial charge < -0.3 is 15.8 Å². The number of nitrogens with one attached hydrogen (secondary N) is 1. The van der Waals surface area contributed by atoms with Crippen LogP contribution in [-0.4, -0.2) is 30.6 Å². The Morgan fingerprint density at radius 2 is 1.94 bits per heavy atom. The zero-order valence-corrected chi connectivity index (χ0v) is 10.9. The second-order valence-electron chi connectivity index (χ2n) is 5.54. The van der Waals surface area contributed by atoms with Crippen LogP contribution in [-0.2, 0) is 14.3 Å². The zero-order valence-electron chi connectivity index (χ0n) is 10.9. The zero-order chi connectivity index (χ0) is 13.2. The van der Waals surface area contributed by atoms with Crippen molar-refractivity contribution in [3.63, 3.8) is 0 Å². The minimum absolute atomic E-state index is 0.0322. The normalized spacial score (nSPS) is 30.1. The fourth-order valence-corrected chi connectivity index (χ4v) is 3.15. The van der Waals surface area contributed by atoms with E-state index in [1.807, 2.05) is 0 Å². The molecule has 2 aliphatic rings. The average Bonchev–Trinajstić information content (AvgIpc) is 2.98. The number of hydrogen-bond donors (Lipinski definition) is 2. The van der Waals surface area contributed by atoms with E-state index in [1.165, 1.54) is 7.11 Å². The molecule has 0 aliphatic heterocycles. The van der Waals surface area contributed by atoms with Crippen molar-refractivity contribution in [2.24, 2.45) is 11.7 Å². The maximum absolute atomic E-state index is 12.2. The molecule has 0 radical (unpaired) electrons. The van der Waals surface area contributed by atoms with Crippen molar-refractivity contribution in [1.82, 2.24) is 5.32 Å². The molecule has 0 aromatic carbocycles. The molecule has 102 valence electrons. The number of nitrogens with two attached hydrogens (primary N) is 1. The molecule has 2 saturated carbocycles. The van der Waals surface area contributed by atoms with Crippen molar-refractivity contribution in [1.29, 1.82) is 0 Å². The second-order valence-corrected chi connectivity index (χ2v) is 5.54. The molecule has 0 bridgehead atoms. The summed E-state index contributed by atoms with van der Waals surface area (Å²) in [5.41, 5.74) is 5.04. The van der Waals surface area contributed by atoms with Gasteiger partial charge in [0.05, 0.1) is 7.11 Å². The Labute approximate surface area is 107 Å². The molecule has 0 aromatic rings. The fourth-order valence-electron chi connectivity index (χ4n) is 3.15. The van der Waals surface area contributed by atoms with Gasteiger partial charge in [-0.25, -0.2) is 4.79 Å². The lowest BCUT2D eigenvalue weighted by Gasteiger charge is -2.28. The van der Waals surface area contributed by atoms with Gasteiger partial charge in [-0.05, 0) is 32.1 Å². The van der Waals surface area contributed by atoms with Gasteiger partial charge in [-0.15, -0.1) is 0 Å². The number of amides is 1. The summed E-state index contributed by atoms with van der Waals surface area (Å²) in [5, 5.41) is 2.94. The van der Waals surface area contributed by atoms with Gasteiger partial charge >= 0.3 is 5.97 Å². The maximum atomic E-state index is 12.2. The first-order valence-electron chi connectivity index (χ1n) is 6.73. The topological polar surface area (TPSA) is 81.4 Å². The van der Waals surface area contributed by atoms with Gasteiger partial charge in [-0.1, -0.05) is 12.8 Å². The smallest absolute Gasteiger partial charge is 0.331 e. The largest absolute Gasteiger partial charge is 0.467 e. The molecule has 2 unspecified atom stereocenters. The first kappa shape index (κ1) is 13.3. The minimum atomic E-state index is -0.779. The van der Waals surface area contributed by atoms with Crippen LogP contribution in [0.1, 0.15) is 44.9 Å². The number of ether oxygens (including phenoxy) is 1. The van der Waals surface area contributed by atoms with Gasteiger partial charge in [0.2, 0.25) is 5.91 Å². The first-order valence-corrected chi connectivity index (χ1v) is 6.73. The molecule has 0 saturated heterocycles. The summed E-state index contributed by atoms with van der Waals surface area (Å²) >= 11 is 0. The van der Waals surface area contributed by atoms with E-state index in [0.29, 0.717) is 12.8 Å². The quantitative estimate of drug-likeness (QED) is 0.727. The molecule has 2 atom stereocenters. The third-order valence-electron chi connectivity index (χ3n) is 4.24. The Morgan fingerprint density at radius 3 is 2.44 bits per heavy atom. The monoisotopic (exact) mass is 254 g/mol. The molecule has 2 aliphatic carbocycles. The van der Waals surface area contributed by atoms with Gasteiger partial charge in [0, 0.05) is 12.0 Å². The molecule has 1 amide bonds. The van der Waals surface area contributed by atoms with Crippen LogP contribution < -0.4 is 11.1 Å². The van der Waals surface area contributed by atoms with Crippen molar-refractivity contribution in [2.75, 3.05) is 7.11 Å². The number of methoxy groups -OCH3 is 1. The summed E-state index contributed by atoms with van der Waals surface area (Å²) in [6.45, 7) is 0. The highest BCUT2D eigenvalue weighted by molar-refractivity contribution is 5.89. The van der Waals surface area contributed by atoms with E-state index in [9.17, 15) is 9.59 Å². The molecule has 0 aromatic heterocycles. The van der Waals surface area contributed by atoms with Crippen LogP contribution in [0, 0.1) is 5.92 Å². The summed E-state index contributed by atoms with van der Waals surface area (Å²) < 4.78 is 4.84. The highest BCUT2D eigenvalue weighted by Gasteiger charge is 2.45. The van der Waals surface area contributed by atoms with E-state index in [1.54, 1.807) is 0 Å². The minimum Gasteiger partial charge on any atom is -0.467 e. The summed E-state index contributed by atoms with van der Waals surface area (Å²) in [6, 6.07) is 0.124. The van der Waals surface area contributed by atoms with Crippen LogP contribution in [0.5, 0.6) is 0 Å². The van der Waals surface area contributed by atoms with Gasteiger partial charge in [-0.3, -0.25) is 4.79 Å². The van der Waals surface area contributed by atoms with E-state index in [2.05, 4.69) is 5.32 Å². The third-order valence-corrected chi connectivity index (χ3v) is 4.24. The molecule has 2 fully saturated rings. The SMILES string of the molecule is COC(=O)C1(NC(=O)C2CCC(N)C2)CCCC1. The molecule has 2 rings (SSSR count). The van der Waals surface area contributed by atoms with E-state index >= 15 is 0 Å². The first-order chi connectivity index (χ1) is 8.57. The van der Waals surface area contributed by atoms with Crippen LogP contribution in [0.4, 0.5) is 0 Å². The number of hydrogen-bond acceptors (Lipinski definition) is 4. The fraction of sp³-hybridized carbons (Fsp3) is 0.846. The lowest BCUT2D eigenvalue weighted by Crippen LogP contribution is -2.54. The van der Waals surface area contributed by atoms with Crippen molar-refractivity contribution in [3.8, 4) is 0 Å². The summed E-state index contributed by atoms with van der Waals surface area (Å²) in [6.07, 6.45) is 5.73. The van der Waals surface area contributed by atoms with Crippen LogP contribution >= 0.6 is 0 Å². The lowest BCUT2D eigenvalue weighted by atomic mass is 9.95. The van der Waals surface area contributed by atoms with Crippen molar-refractivity contribution < 1.29 is 14.3 Å². The van der Waals surface area contributed by atoms with E-state index in [0.717, 1.165) is 32.1 Å². The van der Waals surface area contributed by atoms with Crippen LogP contribution in [0.2, 0.25) is 0 Å². The standard InChI is InChI=1S/C13H22N2O3/c1-18-12(17)13(6-2-3-7-13)15-11(16)9-4-5-10(14)8-9/h9-10H,2-8,14H2,1H3,(H,15,16). The lowest BCUT2D eigenvalue weighted by molar-refractivity contribution is -0.151. The molecule has 18 heavy (non-hydrogen) atoms. The molecule has 3 N–H and O–H groups in total. The van der Waals surface area contributed by atoms with Crippen LogP contribution in [0.3, 0.4) is 0 Å². The van der Waals surface area contributed by atoms with Crippen molar-refractivity contribution in [2.45, 2.75) is 56.5 Å². The average molecular weight is 254 g/mol. The number of esters is 1. The summed E-state index contributed by atoms with van der Waals surface area (Å²) in [4.78, 5) is 24.1. The van der Waals surface area contributed by atoms with Crippen molar-refractivity contribution in [3.05, 3.63) is 0 Å². The Hall–Kier alpha value is -1.10. The summed E-state index contributed by atoms with van der Waals surface area (Å²) in [7, 11) is 1.38. The maximum Gasteiger partial charge on any atom is 0.331 e. The number of rotatable bonds is 3. The number of carbonyl (C=O) groups excluding carboxylic acids is 2. The molecule has 5 nitrogen and oxygen atoms in total. The Kier molecular flexibility index (Phi) is 3.90. The molecule has 0 spiro atoms. The Bertz CT molecular complexity index is 337. The van der Waals surface area contributed by atoms with Gasteiger partial charge in [0.25, 0.3) is 0 Å². The highest BCUT2D eigenvalue weighted by atomic mass is 16.5. The van der Waals surface area contributed by atoms with Gasteiger partial charge in [0.1, 0.15) is 5.54 Å². The van der Waals surface area contributed by atoms with Crippen LogP contribution in [0.15, 0.2) is 0 Å². The van der Waals surface area contributed by atoms with E-state index in [4.69, 9.17) is 10.5 Å². The Morgan fingerprint density at radius 1 is 1.28 bits per heavy atom. The van der Waals surface area contributed by atoms with Crippen LogP contribution in [0.25, 0.3) is 0 Å². The van der Waals surface area contributed by atoms with Gasteiger partial charge in [-0.2, -0.15) is 0 Å². The highest BCUT2D eigenvalue weighted by Crippen LogP contribution is 2.32. The predicted molar refractivity (Wildman–Crippen MR) is 66.7 cm³/mol.